The van der Waals surface area contributed by atoms with E-state index < -0.39 is 0 Å². The summed E-state index contributed by atoms with van der Waals surface area (Å²) in [6.07, 6.45) is 0.536. The zero-order valence-corrected chi connectivity index (χ0v) is 18.2. The van der Waals surface area contributed by atoms with Gasteiger partial charge in [0.1, 0.15) is 11.2 Å². The second-order valence-electron chi connectivity index (χ2n) is 7.53. The minimum atomic E-state index is -0.370. The molecule has 2 aliphatic heterocycles. The smallest absolute Gasteiger partial charge is 0.256 e. The molecule has 0 fully saturated rings. The first-order valence-corrected chi connectivity index (χ1v) is 10.5. The van der Waals surface area contributed by atoms with Gasteiger partial charge in [0, 0.05) is 29.6 Å². The number of fused-ring (bicyclic) bond motifs is 3. The number of rotatable bonds is 5. The van der Waals surface area contributed by atoms with Gasteiger partial charge in [-0.3, -0.25) is 9.69 Å². The Labute approximate surface area is 174 Å². The first-order chi connectivity index (χ1) is 14.0. The maximum Gasteiger partial charge on any atom is 0.256 e. The zero-order valence-electron chi connectivity index (χ0n) is 17.4. The van der Waals surface area contributed by atoms with Crippen molar-refractivity contribution in [3.8, 4) is 17.2 Å². The number of hydrogen-bond acceptors (Lipinski definition) is 7. The van der Waals surface area contributed by atoms with Crippen LogP contribution in [0.2, 0.25) is 0 Å². The van der Waals surface area contributed by atoms with Crippen LogP contribution in [0.25, 0.3) is 0 Å². The van der Waals surface area contributed by atoms with E-state index in [-0.39, 0.29) is 12.1 Å². The highest BCUT2D eigenvalue weighted by Crippen LogP contribution is 2.44. The molecule has 156 valence electrons. The molecule has 2 aliphatic rings. The number of methoxy groups -OCH3 is 3. The molecule has 29 heavy (non-hydrogen) atoms. The monoisotopic (exact) mass is 417 g/mol. The Hall–Kier alpha value is -2.45. The standard InChI is InChI=1S/C21H27N3O4S/c1-11(2)24-7-6-13-16(10-24)29-21-17(13)20(25)22-19(23-21)12-8-14(26-3)18(28-5)15(9-12)27-4/h8-9,11,19,23H,6-7,10H2,1-5H3,(H,22,25)/t19-/m1/s1. The molecule has 2 aromatic rings. The molecule has 0 spiro atoms. The zero-order chi connectivity index (χ0) is 20.7. The number of carbonyl (C=O) groups is 1. The quantitative estimate of drug-likeness (QED) is 0.777. The van der Waals surface area contributed by atoms with Crippen molar-refractivity contribution in [3.05, 3.63) is 33.7 Å². The highest BCUT2D eigenvalue weighted by molar-refractivity contribution is 7.16. The molecule has 0 radical (unpaired) electrons. The molecule has 1 amide bonds. The lowest BCUT2D eigenvalue weighted by Gasteiger charge is -2.31. The minimum absolute atomic E-state index is 0.0343. The molecule has 8 heteroatoms. The molecule has 0 bridgehead atoms. The Kier molecular flexibility index (Phi) is 5.31. The molecule has 0 saturated heterocycles. The van der Waals surface area contributed by atoms with Crippen LogP contribution in [0.5, 0.6) is 17.2 Å². The fourth-order valence-electron chi connectivity index (χ4n) is 4.01. The molecule has 0 unspecified atom stereocenters. The van der Waals surface area contributed by atoms with Crippen LogP contribution in [-0.4, -0.2) is 44.7 Å². The van der Waals surface area contributed by atoms with E-state index in [0.29, 0.717) is 23.3 Å². The summed E-state index contributed by atoms with van der Waals surface area (Å²) in [7, 11) is 4.74. The van der Waals surface area contributed by atoms with Crippen molar-refractivity contribution in [1.29, 1.82) is 0 Å². The number of hydrogen-bond donors (Lipinski definition) is 2. The van der Waals surface area contributed by atoms with Gasteiger partial charge in [-0.2, -0.15) is 0 Å². The number of benzene rings is 1. The predicted molar refractivity (Wildman–Crippen MR) is 113 cm³/mol. The molecule has 0 saturated carbocycles. The van der Waals surface area contributed by atoms with Crippen LogP contribution in [0.3, 0.4) is 0 Å². The van der Waals surface area contributed by atoms with E-state index >= 15 is 0 Å². The number of ether oxygens (including phenoxy) is 3. The predicted octanol–water partition coefficient (Wildman–Crippen LogP) is 3.39. The summed E-state index contributed by atoms with van der Waals surface area (Å²) < 4.78 is 16.3. The average molecular weight is 418 g/mol. The third-order valence-electron chi connectivity index (χ3n) is 5.62. The lowest BCUT2D eigenvalue weighted by molar-refractivity contribution is 0.0934. The van der Waals surface area contributed by atoms with Crippen LogP contribution in [0.4, 0.5) is 5.00 Å². The Morgan fingerprint density at radius 3 is 2.38 bits per heavy atom. The molecule has 7 nitrogen and oxygen atoms in total. The van der Waals surface area contributed by atoms with E-state index in [1.165, 1.54) is 10.4 Å². The largest absolute Gasteiger partial charge is 0.493 e. The summed E-state index contributed by atoms with van der Waals surface area (Å²) in [5.41, 5.74) is 2.83. The number of nitrogens with zero attached hydrogens (tertiary/aromatic N) is 1. The van der Waals surface area contributed by atoms with Crippen molar-refractivity contribution in [2.24, 2.45) is 0 Å². The molecule has 1 aromatic carbocycles. The topological polar surface area (TPSA) is 72.1 Å². The van der Waals surface area contributed by atoms with E-state index in [1.807, 2.05) is 12.1 Å². The molecule has 1 atom stereocenters. The van der Waals surface area contributed by atoms with Gasteiger partial charge in [-0.1, -0.05) is 0 Å². The molecule has 4 rings (SSSR count). The van der Waals surface area contributed by atoms with Gasteiger partial charge in [0.15, 0.2) is 11.5 Å². The van der Waals surface area contributed by atoms with Crippen LogP contribution in [-0.2, 0) is 13.0 Å². The van der Waals surface area contributed by atoms with Gasteiger partial charge < -0.3 is 24.8 Å². The van der Waals surface area contributed by atoms with Gasteiger partial charge in [0.2, 0.25) is 5.75 Å². The van der Waals surface area contributed by atoms with Crippen molar-refractivity contribution in [2.45, 2.75) is 39.0 Å². The number of thiophene rings is 1. The summed E-state index contributed by atoms with van der Waals surface area (Å²) >= 11 is 1.69. The summed E-state index contributed by atoms with van der Waals surface area (Å²) in [6, 6.07) is 4.22. The lowest BCUT2D eigenvalue weighted by atomic mass is 9.99. The van der Waals surface area contributed by atoms with Crippen LogP contribution < -0.4 is 24.8 Å². The van der Waals surface area contributed by atoms with Crippen molar-refractivity contribution < 1.29 is 19.0 Å². The molecule has 0 aliphatic carbocycles. The van der Waals surface area contributed by atoms with Crippen molar-refractivity contribution in [2.75, 3.05) is 33.2 Å². The normalized spacial score (nSPS) is 18.6. The highest BCUT2D eigenvalue weighted by Gasteiger charge is 2.34. The van der Waals surface area contributed by atoms with Gasteiger partial charge in [0.25, 0.3) is 5.91 Å². The molecule has 3 heterocycles. The van der Waals surface area contributed by atoms with Crippen LogP contribution in [0.15, 0.2) is 12.1 Å². The molecule has 1 aromatic heterocycles. The van der Waals surface area contributed by atoms with Gasteiger partial charge >= 0.3 is 0 Å². The van der Waals surface area contributed by atoms with E-state index in [1.54, 1.807) is 32.7 Å². The summed E-state index contributed by atoms with van der Waals surface area (Å²) in [5.74, 6) is 1.61. The van der Waals surface area contributed by atoms with Gasteiger partial charge in [-0.05, 0) is 38.0 Å². The van der Waals surface area contributed by atoms with Crippen LogP contribution in [0.1, 0.15) is 46.4 Å². The molecular weight excluding hydrogens is 390 g/mol. The second-order valence-corrected chi connectivity index (χ2v) is 8.64. The Bertz CT molecular complexity index is 915. The summed E-state index contributed by atoms with van der Waals surface area (Å²) in [6.45, 7) is 6.31. The summed E-state index contributed by atoms with van der Waals surface area (Å²) in [5, 5.41) is 7.52. The van der Waals surface area contributed by atoms with Crippen molar-refractivity contribution in [3.63, 3.8) is 0 Å². The fourth-order valence-corrected chi connectivity index (χ4v) is 5.31. The van der Waals surface area contributed by atoms with Gasteiger partial charge in [-0.25, -0.2) is 0 Å². The van der Waals surface area contributed by atoms with E-state index in [0.717, 1.165) is 35.6 Å². The minimum Gasteiger partial charge on any atom is -0.493 e. The van der Waals surface area contributed by atoms with Crippen LogP contribution >= 0.6 is 11.3 Å². The van der Waals surface area contributed by atoms with Crippen molar-refractivity contribution >= 4 is 22.2 Å². The third kappa shape index (κ3) is 3.40. The van der Waals surface area contributed by atoms with Crippen LogP contribution in [0, 0.1) is 0 Å². The third-order valence-corrected chi connectivity index (χ3v) is 6.76. The lowest BCUT2D eigenvalue weighted by Crippen LogP contribution is -2.39. The number of amides is 1. The average Bonchev–Trinajstić information content (AvgIpc) is 3.10. The van der Waals surface area contributed by atoms with E-state index in [9.17, 15) is 4.79 Å². The maximum absolute atomic E-state index is 13.0. The van der Waals surface area contributed by atoms with E-state index in [4.69, 9.17) is 14.2 Å². The second kappa shape index (κ2) is 7.76. The Morgan fingerprint density at radius 1 is 1.10 bits per heavy atom. The highest BCUT2D eigenvalue weighted by atomic mass is 32.1. The first kappa shape index (κ1) is 19.8. The maximum atomic E-state index is 13.0. The number of nitrogens with one attached hydrogen (secondary N) is 2. The number of anilines is 1. The number of carbonyl (C=O) groups excluding carboxylic acids is 1. The van der Waals surface area contributed by atoms with Gasteiger partial charge in [0.05, 0.1) is 26.9 Å². The first-order valence-electron chi connectivity index (χ1n) is 9.72. The fraction of sp³-hybridized carbons (Fsp3) is 0.476. The SMILES string of the molecule is COc1cc([C@@H]2NC(=O)c3c(sc4c3CCN(C(C)C)C4)N2)cc(OC)c1OC. The Morgan fingerprint density at radius 2 is 1.79 bits per heavy atom. The Balaban J connectivity index is 1.67. The molecule has 2 N–H and O–H groups in total. The summed E-state index contributed by atoms with van der Waals surface area (Å²) in [4.78, 5) is 16.7. The van der Waals surface area contributed by atoms with E-state index in [2.05, 4.69) is 29.4 Å². The molecular formula is C21H27N3O4S. The van der Waals surface area contributed by atoms with Gasteiger partial charge in [-0.15, -0.1) is 11.3 Å². The van der Waals surface area contributed by atoms with Crippen molar-refractivity contribution in [1.82, 2.24) is 10.2 Å².